The molecule has 0 aliphatic heterocycles. The maximum absolute atomic E-state index is 13.5. The van der Waals surface area contributed by atoms with E-state index in [2.05, 4.69) is 0 Å². The highest BCUT2D eigenvalue weighted by Gasteiger charge is 2.11. The van der Waals surface area contributed by atoms with Crippen molar-refractivity contribution in [2.45, 2.75) is 6.92 Å². The minimum absolute atomic E-state index is 0.278. The lowest BCUT2D eigenvalue weighted by molar-refractivity contribution is 0.378. The van der Waals surface area contributed by atoms with Crippen molar-refractivity contribution in [2.24, 2.45) is 0 Å². The van der Waals surface area contributed by atoms with Gasteiger partial charge in [0, 0.05) is 6.07 Å². The average Bonchev–Trinajstić information content (AvgIpc) is 2.37. The van der Waals surface area contributed by atoms with Crippen LogP contribution in [0.15, 0.2) is 30.3 Å². The third kappa shape index (κ3) is 3.09. The number of halogens is 2. The Hall–Kier alpha value is -1.50. The number of rotatable bonds is 3. The van der Waals surface area contributed by atoms with Crippen LogP contribution in [-0.2, 0) is 0 Å². The van der Waals surface area contributed by atoms with Crippen molar-refractivity contribution in [1.82, 2.24) is 0 Å². The molecular weight excluding hydrogens is 360 g/mol. The third-order valence-corrected chi connectivity index (χ3v) is 3.42. The van der Waals surface area contributed by atoms with Crippen molar-refractivity contribution in [2.75, 3.05) is 12.8 Å². The van der Waals surface area contributed by atoms with Gasteiger partial charge in [0.25, 0.3) is 0 Å². The van der Waals surface area contributed by atoms with Crippen molar-refractivity contribution in [3.8, 4) is 17.2 Å². The van der Waals surface area contributed by atoms with Crippen LogP contribution in [0.4, 0.5) is 10.1 Å². The first-order valence-corrected chi connectivity index (χ1v) is 6.66. The van der Waals surface area contributed by atoms with E-state index in [0.717, 1.165) is 5.56 Å². The Labute approximate surface area is 124 Å². The predicted molar refractivity (Wildman–Crippen MR) is 81.3 cm³/mol. The SMILES string of the molecule is COc1cc(C)ccc1Oc1cc(F)c(I)cc1N. The molecule has 0 heterocycles. The summed E-state index contributed by atoms with van der Waals surface area (Å²) in [5.74, 6) is 0.995. The second-order valence-corrected chi connectivity index (χ2v) is 5.22. The normalized spacial score (nSPS) is 10.3. The first kappa shape index (κ1) is 13.9. The standard InChI is InChI=1S/C14H13FINO2/c1-8-3-4-12(14(5-8)18-2)19-13-6-9(15)10(16)7-11(13)17/h3-7H,17H2,1-2H3. The molecule has 0 bridgehead atoms. The Balaban J connectivity index is 2.39. The molecule has 0 amide bonds. The van der Waals surface area contributed by atoms with Gasteiger partial charge in [0.2, 0.25) is 0 Å². The maximum atomic E-state index is 13.5. The molecule has 0 saturated heterocycles. The van der Waals surface area contributed by atoms with Crippen LogP contribution in [-0.4, -0.2) is 7.11 Å². The van der Waals surface area contributed by atoms with E-state index >= 15 is 0 Å². The van der Waals surface area contributed by atoms with Crippen LogP contribution in [0.3, 0.4) is 0 Å². The molecule has 2 aromatic carbocycles. The number of benzene rings is 2. The van der Waals surface area contributed by atoms with Gasteiger partial charge in [0.05, 0.1) is 16.4 Å². The Morgan fingerprint density at radius 1 is 1.11 bits per heavy atom. The van der Waals surface area contributed by atoms with Crippen LogP contribution in [0.1, 0.15) is 5.56 Å². The number of aryl methyl sites for hydroxylation is 1. The number of hydrogen-bond acceptors (Lipinski definition) is 3. The molecule has 2 N–H and O–H groups in total. The lowest BCUT2D eigenvalue weighted by Crippen LogP contribution is -1.97. The van der Waals surface area contributed by atoms with Gasteiger partial charge in [-0.05, 0) is 53.3 Å². The van der Waals surface area contributed by atoms with Gasteiger partial charge in [-0.2, -0.15) is 0 Å². The number of ether oxygens (including phenoxy) is 2. The summed E-state index contributed by atoms with van der Waals surface area (Å²) in [6.07, 6.45) is 0. The topological polar surface area (TPSA) is 44.5 Å². The molecule has 5 heteroatoms. The van der Waals surface area contributed by atoms with E-state index in [1.807, 2.05) is 41.6 Å². The molecule has 0 aromatic heterocycles. The molecule has 0 fully saturated rings. The summed E-state index contributed by atoms with van der Waals surface area (Å²) >= 11 is 1.88. The minimum atomic E-state index is -0.365. The number of hydrogen-bond donors (Lipinski definition) is 1. The van der Waals surface area contributed by atoms with Crippen molar-refractivity contribution < 1.29 is 13.9 Å². The number of methoxy groups -OCH3 is 1. The Morgan fingerprint density at radius 3 is 2.53 bits per heavy atom. The van der Waals surface area contributed by atoms with Gasteiger partial charge in [0.1, 0.15) is 5.82 Å². The molecule has 2 aromatic rings. The van der Waals surface area contributed by atoms with Crippen molar-refractivity contribution in [3.05, 3.63) is 45.3 Å². The molecule has 100 valence electrons. The molecular formula is C14H13FINO2. The lowest BCUT2D eigenvalue weighted by Gasteiger charge is -2.13. The second kappa shape index (κ2) is 5.64. The van der Waals surface area contributed by atoms with Crippen LogP contribution in [0.25, 0.3) is 0 Å². The summed E-state index contributed by atoms with van der Waals surface area (Å²) < 4.78 is 24.9. The van der Waals surface area contributed by atoms with Crippen LogP contribution in [0, 0.1) is 16.3 Å². The minimum Gasteiger partial charge on any atom is -0.493 e. The predicted octanol–water partition coefficient (Wildman–Crippen LogP) is 4.12. The molecule has 0 aliphatic rings. The average molecular weight is 373 g/mol. The van der Waals surface area contributed by atoms with Crippen molar-refractivity contribution in [1.29, 1.82) is 0 Å². The van der Waals surface area contributed by atoms with Crippen LogP contribution in [0.2, 0.25) is 0 Å². The molecule has 0 saturated carbocycles. The van der Waals surface area contributed by atoms with E-state index in [-0.39, 0.29) is 11.6 Å². The fraction of sp³-hybridized carbons (Fsp3) is 0.143. The highest BCUT2D eigenvalue weighted by atomic mass is 127. The van der Waals surface area contributed by atoms with Gasteiger partial charge in [0.15, 0.2) is 17.2 Å². The molecule has 19 heavy (non-hydrogen) atoms. The second-order valence-electron chi connectivity index (χ2n) is 4.06. The highest BCUT2D eigenvalue weighted by molar-refractivity contribution is 14.1. The van der Waals surface area contributed by atoms with Crippen LogP contribution >= 0.6 is 22.6 Å². The summed E-state index contributed by atoms with van der Waals surface area (Å²) in [6.45, 7) is 1.95. The summed E-state index contributed by atoms with van der Waals surface area (Å²) in [7, 11) is 1.56. The fourth-order valence-electron chi connectivity index (χ4n) is 1.61. The number of nitrogen functional groups attached to an aromatic ring is 1. The van der Waals surface area contributed by atoms with Gasteiger partial charge in [-0.1, -0.05) is 6.07 Å². The van der Waals surface area contributed by atoms with E-state index < -0.39 is 0 Å². The third-order valence-electron chi connectivity index (χ3n) is 2.59. The summed E-state index contributed by atoms with van der Waals surface area (Å²) in [6, 6.07) is 8.30. The Bertz CT molecular complexity index is 617. The molecule has 0 spiro atoms. The van der Waals surface area contributed by atoms with Gasteiger partial charge >= 0.3 is 0 Å². The number of nitrogens with two attached hydrogens (primary N) is 1. The molecule has 0 radical (unpaired) electrons. The Kier molecular flexibility index (Phi) is 4.14. The van der Waals surface area contributed by atoms with Crippen LogP contribution < -0.4 is 15.2 Å². The van der Waals surface area contributed by atoms with Crippen molar-refractivity contribution >= 4 is 28.3 Å². The zero-order chi connectivity index (χ0) is 14.0. The van der Waals surface area contributed by atoms with E-state index in [4.69, 9.17) is 15.2 Å². The van der Waals surface area contributed by atoms with E-state index in [0.29, 0.717) is 20.8 Å². The molecule has 2 rings (SSSR count). The lowest BCUT2D eigenvalue weighted by atomic mass is 10.2. The highest BCUT2D eigenvalue weighted by Crippen LogP contribution is 2.35. The molecule has 0 unspecified atom stereocenters. The summed E-state index contributed by atoms with van der Waals surface area (Å²) in [5.41, 5.74) is 7.25. The first-order chi connectivity index (χ1) is 9.01. The van der Waals surface area contributed by atoms with E-state index in [9.17, 15) is 4.39 Å². The van der Waals surface area contributed by atoms with Gasteiger partial charge < -0.3 is 15.2 Å². The molecule has 3 nitrogen and oxygen atoms in total. The quantitative estimate of drug-likeness (QED) is 0.650. The zero-order valence-electron chi connectivity index (χ0n) is 10.5. The van der Waals surface area contributed by atoms with Gasteiger partial charge in [-0.15, -0.1) is 0 Å². The molecule has 0 aliphatic carbocycles. The number of anilines is 1. The first-order valence-electron chi connectivity index (χ1n) is 5.58. The van der Waals surface area contributed by atoms with E-state index in [1.165, 1.54) is 12.1 Å². The fourth-order valence-corrected chi connectivity index (χ4v) is 2.10. The Morgan fingerprint density at radius 2 is 1.84 bits per heavy atom. The summed E-state index contributed by atoms with van der Waals surface area (Å²) in [5, 5.41) is 0. The van der Waals surface area contributed by atoms with Gasteiger partial charge in [-0.3, -0.25) is 0 Å². The molecule has 0 atom stereocenters. The monoisotopic (exact) mass is 373 g/mol. The van der Waals surface area contributed by atoms with Gasteiger partial charge in [-0.25, -0.2) is 4.39 Å². The summed E-state index contributed by atoms with van der Waals surface area (Å²) in [4.78, 5) is 0. The van der Waals surface area contributed by atoms with Crippen molar-refractivity contribution in [3.63, 3.8) is 0 Å². The van der Waals surface area contributed by atoms with Crippen LogP contribution in [0.5, 0.6) is 17.2 Å². The van der Waals surface area contributed by atoms with E-state index in [1.54, 1.807) is 13.2 Å². The zero-order valence-corrected chi connectivity index (χ0v) is 12.7. The smallest absolute Gasteiger partial charge is 0.169 e. The maximum Gasteiger partial charge on any atom is 0.169 e. The largest absolute Gasteiger partial charge is 0.493 e.